The molecule has 0 saturated heterocycles. The van der Waals surface area contributed by atoms with Gasteiger partial charge in [0.1, 0.15) is 11.9 Å². The number of benzene rings is 1. The highest BCUT2D eigenvalue weighted by Gasteiger charge is 2.55. The molecule has 1 fully saturated rings. The van der Waals surface area contributed by atoms with Gasteiger partial charge in [0.05, 0.1) is 27.5 Å². The first-order valence-electron chi connectivity index (χ1n) is 12.2. The molecular formula is C24H34ClFIN5O3SSi. The summed E-state index contributed by atoms with van der Waals surface area (Å²) in [4.78, 5) is 10.8. The van der Waals surface area contributed by atoms with Gasteiger partial charge in [0.15, 0.2) is 20.3 Å². The van der Waals surface area contributed by atoms with Gasteiger partial charge in [-0.05, 0) is 78.2 Å². The van der Waals surface area contributed by atoms with Crippen LogP contribution in [0.3, 0.4) is 0 Å². The highest BCUT2D eigenvalue weighted by atomic mass is 127. The third-order valence-corrected chi connectivity index (χ3v) is 15.6. The molecule has 0 aromatic heterocycles. The van der Waals surface area contributed by atoms with Gasteiger partial charge in [0, 0.05) is 17.2 Å². The smallest absolute Gasteiger partial charge is 0.239 e. The lowest BCUT2D eigenvalue weighted by atomic mass is 10.1. The molecule has 1 aromatic carbocycles. The summed E-state index contributed by atoms with van der Waals surface area (Å²) in [7, 11) is -4.05. The topological polar surface area (TPSA) is 95.4 Å². The molecule has 2 heterocycles. The molecule has 0 radical (unpaired) electrons. The summed E-state index contributed by atoms with van der Waals surface area (Å²) in [5, 5.41) is 3.28. The van der Waals surface area contributed by atoms with E-state index in [1.54, 1.807) is 30.4 Å². The Kier molecular flexibility index (Phi) is 7.83. The quantitative estimate of drug-likeness (QED) is 0.289. The number of amidine groups is 1. The van der Waals surface area contributed by atoms with Gasteiger partial charge in [-0.3, -0.25) is 9.71 Å². The predicted octanol–water partition coefficient (Wildman–Crippen LogP) is 5.24. The Morgan fingerprint density at radius 3 is 2.59 bits per heavy atom. The van der Waals surface area contributed by atoms with Crippen LogP contribution in [0.2, 0.25) is 18.1 Å². The number of dihydropyridines is 1. The van der Waals surface area contributed by atoms with Crippen LogP contribution in [0.25, 0.3) is 0 Å². The zero-order valence-electron chi connectivity index (χ0n) is 21.9. The van der Waals surface area contributed by atoms with Crippen molar-refractivity contribution in [1.29, 1.82) is 0 Å². The van der Waals surface area contributed by atoms with E-state index in [1.807, 2.05) is 22.6 Å². The maximum Gasteiger partial charge on any atom is 0.239 e. The first-order valence-corrected chi connectivity index (χ1v) is 18.0. The first-order chi connectivity index (χ1) is 17.1. The molecule has 204 valence electrons. The van der Waals surface area contributed by atoms with Gasteiger partial charge in [-0.15, -0.1) is 0 Å². The number of sulfonamides is 1. The maximum atomic E-state index is 14.7. The Morgan fingerprint density at radius 1 is 1.32 bits per heavy atom. The second kappa shape index (κ2) is 10.1. The highest BCUT2D eigenvalue weighted by Crippen LogP contribution is 2.47. The number of fused-ring (bicyclic) bond motifs is 1. The zero-order valence-corrected chi connectivity index (χ0v) is 26.6. The number of aliphatic imine (C=N–C) groups is 2. The molecule has 1 aliphatic carbocycles. The average molecular weight is 682 g/mol. The first kappa shape index (κ1) is 28.8. The molecule has 37 heavy (non-hydrogen) atoms. The van der Waals surface area contributed by atoms with Crippen LogP contribution in [0.4, 0.5) is 10.1 Å². The van der Waals surface area contributed by atoms with Crippen molar-refractivity contribution >= 4 is 70.4 Å². The minimum Gasteiger partial charge on any atom is -0.417 e. The molecule has 0 bridgehead atoms. The fourth-order valence-corrected chi connectivity index (χ4v) is 7.44. The number of halogens is 3. The molecule has 2 aliphatic heterocycles. The monoisotopic (exact) mass is 681 g/mol. The molecule has 4 rings (SSSR count). The molecule has 1 saturated carbocycles. The molecular weight excluding hydrogens is 648 g/mol. The average Bonchev–Trinajstić information content (AvgIpc) is 3.49. The van der Waals surface area contributed by atoms with Crippen LogP contribution < -0.4 is 10.0 Å². The van der Waals surface area contributed by atoms with Crippen molar-refractivity contribution in [2.45, 2.75) is 75.1 Å². The van der Waals surface area contributed by atoms with Gasteiger partial charge in [0.25, 0.3) is 0 Å². The lowest BCUT2D eigenvalue weighted by molar-refractivity contribution is 0.277. The van der Waals surface area contributed by atoms with E-state index < -0.39 is 41.1 Å². The second-order valence-electron chi connectivity index (χ2n) is 11.4. The van der Waals surface area contributed by atoms with Crippen LogP contribution in [0.1, 0.15) is 40.0 Å². The third-order valence-electron chi connectivity index (χ3n) is 7.73. The lowest BCUT2D eigenvalue weighted by Gasteiger charge is -2.36. The molecule has 2 unspecified atom stereocenters. The van der Waals surface area contributed by atoms with Crippen LogP contribution in [0.15, 0.2) is 38.9 Å². The van der Waals surface area contributed by atoms with Crippen LogP contribution in [-0.2, 0) is 14.4 Å². The fraction of sp³-hybridized carbons (Fsp3) is 0.583. The fourth-order valence-electron chi connectivity index (χ4n) is 4.02. The van der Waals surface area contributed by atoms with Crippen LogP contribution >= 0.6 is 34.2 Å². The van der Waals surface area contributed by atoms with E-state index in [-0.39, 0.29) is 27.3 Å². The van der Waals surface area contributed by atoms with Gasteiger partial charge in [0.2, 0.25) is 10.0 Å². The largest absolute Gasteiger partial charge is 0.417 e. The van der Waals surface area contributed by atoms with Gasteiger partial charge in [-0.2, -0.15) is 0 Å². The number of likely N-dealkylation sites (N-methyl/N-ethyl adjacent to an activating group) is 1. The molecule has 2 atom stereocenters. The second-order valence-corrected chi connectivity index (χ2v) is 19.9. The summed E-state index contributed by atoms with van der Waals surface area (Å²) >= 11 is 8.76. The SMILES string of the molecule is CN1C=NC2C(Cl)=C(Nc3ccc(I)cc3F)C(NS(=O)(=O)C3(CCO[Si](C)(C)C(C)(C)C)CC3)=NC21. The summed E-state index contributed by atoms with van der Waals surface area (Å²) in [6.45, 7) is 11.2. The predicted molar refractivity (Wildman–Crippen MR) is 159 cm³/mol. The summed E-state index contributed by atoms with van der Waals surface area (Å²) in [6, 6.07) is 4.20. The number of anilines is 1. The van der Waals surface area contributed by atoms with E-state index in [1.165, 1.54) is 6.07 Å². The zero-order chi connectivity index (χ0) is 27.4. The van der Waals surface area contributed by atoms with Crippen LogP contribution in [0, 0.1) is 9.39 Å². The van der Waals surface area contributed by atoms with Gasteiger partial charge in [-0.25, -0.2) is 17.8 Å². The molecule has 0 amide bonds. The van der Waals surface area contributed by atoms with Crippen molar-refractivity contribution < 1.29 is 17.2 Å². The standard InChI is InChI=1S/C24H34ClFIN5O3SSi/c1-23(2,3)37(5,6)35-12-11-24(9-10-24)36(33,34)31-21-19(29-17-8-7-15(27)13-16(17)26)18(25)20-22(30-21)32(4)14-28-20/h7-8,13-14,20,22,29H,9-12H2,1-6H3,(H,30,31). The summed E-state index contributed by atoms with van der Waals surface area (Å²) in [6.07, 6.45) is 2.59. The molecule has 3 aliphatic rings. The van der Waals surface area contributed by atoms with E-state index >= 15 is 0 Å². The Hall–Kier alpha value is -1.22. The van der Waals surface area contributed by atoms with E-state index in [0.29, 0.717) is 25.9 Å². The number of nitrogens with zero attached hydrogens (tertiary/aromatic N) is 3. The maximum absolute atomic E-state index is 14.7. The van der Waals surface area contributed by atoms with Gasteiger partial charge >= 0.3 is 0 Å². The molecule has 2 N–H and O–H groups in total. The number of nitrogens with one attached hydrogen (secondary N) is 2. The van der Waals surface area contributed by atoms with E-state index in [9.17, 15) is 12.8 Å². The normalized spacial score (nSPS) is 23.2. The highest BCUT2D eigenvalue weighted by molar-refractivity contribution is 14.1. The van der Waals surface area contributed by atoms with Gasteiger partial charge < -0.3 is 14.6 Å². The molecule has 13 heteroatoms. The van der Waals surface area contributed by atoms with Crippen molar-refractivity contribution in [3.63, 3.8) is 0 Å². The van der Waals surface area contributed by atoms with E-state index in [4.69, 9.17) is 16.0 Å². The summed E-state index contributed by atoms with van der Waals surface area (Å²) in [5.41, 5.74) is 0.366. The lowest BCUT2D eigenvalue weighted by Crippen LogP contribution is -2.47. The van der Waals surface area contributed by atoms with Crippen molar-refractivity contribution in [2.75, 3.05) is 19.0 Å². The Labute approximate surface area is 238 Å². The van der Waals surface area contributed by atoms with Gasteiger partial charge in [-0.1, -0.05) is 32.4 Å². The molecule has 8 nitrogen and oxygen atoms in total. The minimum absolute atomic E-state index is 0.0382. The van der Waals surface area contributed by atoms with E-state index in [0.717, 1.165) is 3.57 Å². The van der Waals surface area contributed by atoms with Crippen LogP contribution in [-0.4, -0.2) is 64.4 Å². The minimum atomic E-state index is -3.85. The summed E-state index contributed by atoms with van der Waals surface area (Å²) < 4.78 is 50.8. The Bertz CT molecular complexity index is 1280. The number of hydrogen-bond donors (Lipinski definition) is 2. The summed E-state index contributed by atoms with van der Waals surface area (Å²) in [5.74, 6) is -0.431. The third kappa shape index (κ3) is 5.73. The molecule has 1 aromatic rings. The van der Waals surface area contributed by atoms with Crippen LogP contribution in [0.5, 0.6) is 0 Å². The number of hydrogen-bond acceptors (Lipinski definition) is 7. The van der Waals surface area contributed by atoms with E-state index in [2.05, 4.69) is 53.9 Å². The van der Waals surface area contributed by atoms with Crippen molar-refractivity contribution in [1.82, 2.24) is 9.62 Å². The van der Waals surface area contributed by atoms with Crippen molar-refractivity contribution in [3.8, 4) is 0 Å². The Balaban J connectivity index is 1.58. The number of rotatable bonds is 8. The van der Waals surface area contributed by atoms with Crippen molar-refractivity contribution in [2.24, 2.45) is 9.98 Å². The molecule has 0 spiro atoms. The Morgan fingerprint density at radius 2 is 2.00 bits per heavy atom. The van der Waals surface area contributed by atoms with Crippen molar-refractivity contribution in [3.05, 3.63) is 38.3 Å².